The van der Waals surface area contributed by atoms with Crippen molar-refractivity contribution in [1.29, 1.82) is 0 Å². The molecule has 0 atom stereocenters. The van der Waals surface area contributed by atoms with Crippen molar-refractivity contribution in [3.8, 4) is 0 Å². The normalized spacial score (nSPS) is 16.5. The maximum Gasteiger partial charge on any atom is 0.518 e. The third-order valence-electron chi connectivity index (χ3n) is 3.36. The van der Waals surface area contributed by atoms with E-state index in [0.717, 1.165) is 6.20 Å². The highest BCUT2D eigenvalue weighted by Crippen LogP contribution is 2.28. The molecule has 0 bridgehead atoms. The molecule has 2 rings (SSSR count). The van der Waals surface area contributed by atoms with Gasteiger partial charge in [-0.3, -0.25) is 0 Å². The summed E-state index contributed by atoms with van der Waals surface area (Å²) < 4.78 is 66.6. The van der Waals surface area contributed by atoms with Gasteiger partial charge in [0.1, 0.15) is 5.60 Å². The zero-order chi connectivity index (χ0) is 18.3. The lowest BCUT2D eigenvalue weighted by Crippen LogP contribution is -2.38. The van der Waals surface area contributed by atoms with Gasteiger partial charge in [0, 0.05) is 19.5 Å². The number of carbonyl (C=O) groups is 1. The van der Waals surface area contributed by atoms with Gasteiger partial charge in [-0.25, -0.2) is 4.79 Å². The molecule has 1 aromatic heterocycles. The first-order valence-electron chi connectivity index (χ1n) is 7.18. The highest BCUT2D eigenvalue weighted by atomic mass is 32.2. The second-order valence-electron chi connectivity index (χ2n) is 6.38. The third kappa shape index (κ3) is 3.65. The lowest BCUT2D eigenvalue weighted by atomic mass is 10.2. The fourth-order valence-electron chi connectivity index (χ4n) is 2.28. The maximum atomic E-state index is 12.7. The van der Waals surface area contributed by atoms with Gasteiger partial charge in [0.25, 0.3) is 0 Å². The number of alkyl halides is 3. The molecule has 1 aliphatic rings. The molecule has 2 heterocycles. The summed E-state index contributed by atoms with van der Waals surface area (Å²) in [6, 6.07) is 0. The Morgan fingerprint density at radius 3 is 2.33 bits per heavy atom. The predicted molar refractivity (Wildman–Crippen MR) is 77.8 cm³/mol. The van der Waals surface area contributed by atoms with Crippen molar-refractivity contribution in [2.75, 3.05) is 13.1 Å². The summed E-state index contributed by atoms with van der Waals surface area (Å²) in [5.41, 5.74) is -5.83. The van der Waals surface area contributed by atoms with Crippen molar-refractivity contribution in [2.45, 2.75) is 44.7 Å². The van der Waals surface area contributed by atoms with E-state index in [9.17, 15) is 26.4 Å². The summed E-state index contributed by atoms with van der Waals surface area (Å²) in [5, 5.41) is 3.38. The first-order valence-corrected chi connectivity index (χ1v) is 8.62. The van der Waals surface area contributed by atoms with Crippen LogP contribution in [0.2, 0.25) is 0 Å². The number of nitrogens with zero attached hydrogens (tertiary/aromatic N) is 3. The summed E-state index contributed by atoms with van der Waals surface area (Å²) in [6.07, 6.45) is 0.633. The van der Waals surface area contributed by atoms with E-state index >= 15 is 0 Å². The first kappa shape index (κ1) is 18.6. The molecule has 136 valence electrons. The van der Waals surface area contributed by atoms with Gasteiger partial charge in [-0.1, -0.05) is 0 Å². The Bertz CT molecular complexity index is 735. The van der Waals surface area contributed by atoms with Crippen LogP contribution in [0.5, 0.6) is 0 Å². The van der Waals surface area contributed by atoms with Crippen LogP contribution in [0.25, 0.3) is 0 Å². The monoisotopic (exact) mass is 369 g/mol. The number of ether oxygens (including phenoxy) is 1. The second kappa shape index (κ2) is 5.94. The molecular weight excluding hydrogens is 351 g/mol. The minimum absolute atomic E-state index is 0.0148. The summed E-state index contributed by atoms with van der Waals surface area (Å²) in [7, 11) is -5.59. The number of hydrogen-bond donors (Lipinski definition) is 0. The Kier molecular flexibility index (Phi) is 4.59. The van der Waals surface area contributed by atoms with Crippen LogP contribution in [0.15, 0.2) is 6.20 Å². The molecule has 0 radical (unpaired) electrons. The van der Waals surface area contributed by atoms with Crippen molar-refractivity contribution in [3.05, 3.63) is 17.5 Å². The quantitative estimate of drug-likeness (QED) is 0.755. The minimum Gasteiger partial charge on any atom is -0.444 e. The SMILES string of the molecule is CC(C)(C)OC(=O)N1CCc2cnn(S(=O)(=O)C(F)(F)F)c2CC1. The fraction of sp³-hybridized carbons (Fsp3) is 0.692. The number of rotatable bonds is 1. The van der Waals surface area contributed by atoms with Crippen LogP contribution in [0.3, 0.4) is 0 Å². The van der Waals surface area contributed by atoms with Crippen molar-refractivity contribution in [3.63, 3.8) is 0 Å². The predicted octanol–water partition coefficient (Wildman–Crippen LogP) is 1.92. The van der Waals surface area contributed by atoms with E-state index in [2.05, 4.69) is 5.10 Å². The molecule has 0 aliphatic carbocycles. The Hall–Kier alpha value is -1.78. The van der Waals surface area contributed by atoms with E-state index in [1.165, 1.54) is 4.90 Å². The average molecular weight is 369 g/mol. The second-order valence-corrected chi connectivity index (χ2v) is 8.14. The molecule has 11 heteroatoms. The molecule has 0 unspecified atom stereocenters. The molecule has 1 aliphatic heterocycles. The van der Waals surface area contributed by atoms with Gasteiger partial charge in [0.05, 0.1) is 11.9 Å². The van der Waals surface area contributed by atoms with Crippen LogP contribution >= 0.6 is 0 Å². The molecular formula is C13H18F3N3O4S. The van der Waals surface area contributed by atoms with Gasteiger partial charge in [-0.15, -0.1) is 0 Å². The van der Waals surface area contributed by atoms with Crippen LogP contribution < -0.4 is 0 Å². The van der Waals surface area contributed by atoms with E-state index in [1.54, 1.807) is 20.8 Å². The summed E-state index contributed by atoms with van der Waals surface area (Å²) in [4.78, 5) is 13.4. The highest BCUT2D eigenvalue weighted by Gasteiger charge is 2.49. The molecule has 0 spiro atoms. The van der Waals surface area contributed by atoms with Crippen molar-refractivity contribution in [2.24, 2.45) is 0 Å². The molecule has 1 aromatic rings. The lowest BCUT2D eigenvalue weighted by molar-refractivity contribution is -0.0450. The smallest absolute Gasteiger partial charge is 0.444 e. The van der Waals surface area contributed by atoms with Gasteiger partial charge in [-0.05, 0) is 32.8 Å². The van der Waals surface area contributed by atoms with E-state index in [0.29, 0.717) is 5.56 Å². The van der Waals surface area contributed by atoms with Crippen LogP contribution in [-0.2, 0) is 27.6 Å². The Morgan fingerprint density at radius 2 is 1.79 bits per heavy atom. The third-order valence-corrected chi connectivity index (χ3v) is 4.72. The molecule has 0 saturated carbocycles. The van der Waals surface area contributed by atoms with Crippen molar-refractivity contribution >= 4 is 16.1 Å². The van der Waals surface area contributed by atoms with Crippen molar-refractivity contribution < 1.29 is 31.1 Å². The van der Waals surface area contributed by atoms with E-state index < -0.39 is 27.2 Å². The van der Waals surface area contributed by atoms with E-state index in [4.69, 9.17) is 4.74 Å². The zero-order valence-electron chi connectivity index (χ0n) is 13.4. The number of halogens is 3. The van der Waals surface area contributed by atoms with Crippen LogP contribution in [0.4, 0.5) is 18.0 Å². The first-order chi connectivity index (χ1) is 10.8. The molecule has 7 nitrogen and oxygen atoms in total. The molecule has 0 aromatic carbocycles. The van der Waals surface area contributed by atoms with Gasteiger partial charge in [0.15, 0.2) is 0 Å². The number of aromatic nitrogens is 2. The maximum absolute atomic E-state index is 12.7. The summed E-state index contributed by atoms with van der Waals surface area (Å²) in [5.74, 6) is 0. The lowest BCUT2D eigenvalue weighted by Gasteiger charge is -2.26. The standard InChI is InChI=1S/C13H18F3N3O4S/c1-12(2,3)23-11(20)18-6-4-9-8-17-19(10(9)5-7-18)24(21,22)13(14,15)16/h8H,4-7H2,1-3H3. The Labute approximate surface area is 137 Å². The topological polar surface area (TPSA) is 81.5 Å². The Balaban J connectivity index is 2.23. The summed E-state index contributed by atoms with van der Waals surface area (Å²) in [6.45, 7) is 5.35. The number of carbonyl (C=O) groups excluding carboxylic acids is 1. The molecule has 0 saturated heterocycles. The number of hydrogen-bond acceptors (Lipinski definition) is 5. The van der Waals surface area contributed by atoms with Gasteiger partial charge in [0.2, 0.25) is 0 Å². The minimum atomic E-state index is -5.59. The van der Waals surface area contributed by atoms with Crippen LogP contribution in [0, 0.1) is 0 Å². The highest BCUT2D eigenvalue weighted by molar-refractivity contribution is 7.90. The average Bonchev–Trinajstić information content (AvgIpc) is 2.68. The molecule has 0 N–H and O–H groups in total. The van der Waals surface area contributed by atoms with Crippen LogP contribution in [0.1, 0.15) is 32.0 Å². The van der Waals surface area contributed by atoms with Crippen LogP contribution in [-0.4, -0.2) is 52.8 Å². The number of fused-ring (bicyclic) bond motifs is 1. The fourth-order valence-corrected chi connectivity index (χ4v) is 3.14. The van der Waals surface area contributed by atoms with E-state index in [1.807, 2.05) is 0 Å². The molecule has 1 amide bonds. The zero-order valence-corrected chi connectivity index (χ0v) is 14.2. The molecule has 24 heavy (non-hydrogen) atoms. The van der Waals surface area contributed by atoms with E-state index in [-0.39, 0.29) is 35.7 Å². The molecule has 0 fully saturated rings. The van der Waals surface area contributed by atoms with Gasteiger partial charge in [-0.2, -0.15) is 30.8 Å². The largest absolute Gasteiger partial charge is 0.518 e. The van der Waals surface area contributed by atoms with Gasteiger partial charge < -0.3 is 9.64 Å². The Morgan fingerprint density at radius 1 is 1.21 bits per heavy atom. The summed E-state index contributed by atoms with van der Waals surface area (Å²) >= 11 is 0. The number of amides is 1. The van der Waals surface area contributed by atoms with Gasteiger partial charge >= 0.3 is 21.6 Å². The van der Waals surface area contributed by atoms with Crippen molar-refractivity contribution in [1.82, 2.24) is 14.1 Å².